The lowest BCUT2D eigenvalue weighted by Gasteiger charge is -2.30. The molecule has 1 atom stereocenters. The molecule has 0 fully saturated rings. The van der Waals surface area contributed by atoms with Crippen molar-refractivity contribution in [1.82, 2.24) is 0 Å². The van der Waals surface area contributed by atoms with Gasteiger partial charge in [0.1, 0.15) is 9.84 Å². The molecular formula is C11H24O3S. The zero-order chi connectivity index (χ0) is 11.9. The summed E-state index contributed by atoms with van der Waals surface area (Å²) < 4.78 is 22.2. The van der Waals surface area contributed by atoms with Gasteiger partial charge in [0.25, 0.3) is 0 Å². The molecule has 0 heterocycles. The van der Waals surface area contributed by atoms with Crippen LogP contribution in [-0.4, -0.2) is 32.1 Å². The van der Waals surface area contributed by atoms with Crippen LogP contribution in [0.25, 0.3) is 0 Å². The average molecular weight is 236 g/mol. The summed E-state index contributed by atoms with van der Waals surface area (Å²) in [5, 5.41) is 9.41. The Labute approximate surface area is 93.8 Å². The number of hydrogen-bond acceptors (Lipinski definition) is 3. The lowest BCUT2D eigenvalue weighted by atomic mass is 9.79. The van der Waals surface area contributed by atoms with Gasteiger partial charge in [0.2, 0.25) is 0 Å². The summed E-state index contributed by atoms with van der Waals surface area (Å²) in [5.74, 6) is 0.186. The number of aliphatic hydroxyl groups is 1. The van der Waals surface area contributed by atoms with Crippen molar-refractivity contribution in [2.24, 2.45) is 5.41 Å². The van der Waals surface area contributed by atoms with E-state index >= 15 is 0 Å². The predicted octanol–water partition coefficient (Wildman–Crippen LogP) is 2.00. The van der Waals surface area contributed by atoms with Crippen molar-refractivity contribution in [2.45, 2.75) is 46.0 Å². The van der Waals surface area contributed by atoms with Crippen LogP contribution in [0, 0.1) is 5.41 Å². The van der Waals surface area contributed by atoms with Crippen LogP contribution < -0.4 is 0 Å². The normalized spacial score (nSPS) is 16.3. The van der Waals surface area contributed by atoms with Crippen LogP contribution in [0.4, 0.5) is 0 Å². The first-order chi connectivity index (χ1) is 6.89. The fourth-order valence-corrected chi connectivity index (χ4v) is 2.51. The molecule has 0 amide bonds. The highest BCUT2D eigenvalue weighted by atomic mass is 32.2. The molecule has 0 saturated carbocycles. The van der Waals surface area contributed by atoms with Gasteiger partial charge in [-0.15, -0.1) is 0 Å². The number of rotatable bonds is 8. The van der Waals surface area contributed by atoms with Gasteiger partial charge in [0.05, 0.1) is 5.75 Å². The van der Waals surface area contributed by atoms with E-state index in [1.807, 2.05) is 6.92 Å². The van der Waals surface area contributed by atoms with Crippen molar-refractivity contribution in [1.29, 1.82) is 0 Å². The summed E-state index contributed by atoms with van der Waals surface area (Å²) in [5.41, 5.74) is -0.181. The molecule has 0 aliphatic heterocycles. The third-order valence-corrected chi connectivity index (χ3v) is 4.09. The maximum Gasteiger partial charge on any atom is 0.147 e. The molecule has 15 heavy (non-hydrogen) atoms. The number of sulfone groups is 1. The quantitative estimate of drug-likeness (QED) is 0.701. The van der Waals surface area contributed by atoms with Crippen molar-refractivity contribution in [3.8, 4) is 0 Å². The topological polar surface area (TPSA) is 54.4 Å². The van der Waals surface area contributed by atoms with Crippen molar-refractivity contribution in [3.05, 3.63) is 0 Å². The molecule has 0 aromatic rings. The number of hydrogen-bond donors (Lipinski definition) is 1. The molecule has 0 aliphatic carbocycles. The van der Waals surface area contributed by atoms with E-state index in [2.05, 4.69) is 6.92 Å². The first-order valence-electron chi connectivity index (χ1n) is 5.67. The Hall–Kier alpha value is -0.0900. The van der Waals surface area contributed by atoms with Gasteiger partial charge in [0, 0.05) is 12.9 Å². The van der Waals surface area contributed by atoms with Gasteiger partial charge in [0.15, 0.2) is 0 Å². The van der Waals surface area contributed by atoms with Crippen molar-refractivity contribution < 1.29 is 13.5 Å². The van der Waals surface area contributed by atoms with Crippen LogP contribution in [-0.2, 0) is 9.84 Å². The smallest absolute Gasteiger partial charge is 0.147 e. The van der Waals surface area contributed by atoms with E-state index in [1.54, 1.807) is 0 Å². The second-order valence-electron chi connectivity index (χ2n) is 4.50. The highest BCUT2D eigenvalue weighted by Gasteiger charge is 2.27. The van der Waals surface area contributed by atoms with Gasteiger partial charge in [-0.3, -0.25) is 0 Å². The molecular weight excluding hydrogens is 212 g/mol. The molecule has 0 bridgehead atoms. The average Bonchev–Trinajstić information content (AvgIpc) is 2.18. The SMILES string of the molecule is CCCCC(CC)(CO)CCS(C)(=O)=O. The zero-order valence-corrected chi connectivity index (χ0v) is 10.9. The summed E-state index contributed by atoms with van der Waals surface area (Å²) >= 11 is 0. The molecule has 0 aliphatic rings. The van der Waals surface area contributed by atoms with Crippen molar-refractivity contribution in [2.75, 3.05) is 18.6 Å². The van der Waals surface area contributed by atoms with Crippen LogP contribution in [0.1, 0.15) is 46.0 Å². The molecule has 0 aromatic carbocycles. The van der Waals surface area contributed by atoms with Gasteiger partial charge < -0.3 is 5.11 Å². The Kier molecular flexibility index (Phi) is 6.44. The predicted molar refractivity (Wildman–Crippen MR) is 63.7 cm³/mol. The van der Waals surface area contributed by atoms with Gasteiger partial charge in [-0.1, -0.05) is 26.7 Å². The molecule has 3 nitrogen and oxygen atoms in total. The van der Waals surface area contributed by atoms with Crippen LogP contribution in [0.15, 0.2) is 0 Å². The summed E-state index contributed by atoms with van der Waals surface area (Å²) in [6.45, 7) is 4.22. The minimum Gasteiger partial charge on any atom is -0.396 e. The summed E-state index contributed by atoms with van der Waals surface area (Å²) in [6.07, 6.45) is 5.74. The van der Waals surface area contributed by atoms with Gasteiger partial charge >= 0.3 is 0 Å². The van der Waals surface area contributed by atoms with E-state index in [-0.39, 0.29) is 17.8 Å². The molecule has 0 rings (SSSR count). The van der Waals surface area contributed by atoms with Gasteiger partial charge in [-0.2, -0.15) is 0 Å². The molecule has 0 saturated heterocycles. The molecule has 92 valence electrons. The summed E-state index contributed by atoms with van der Waals surface area (Å²) in [7, 11) is -2.91. The second kappa shape index (κ2) is 6.48. The van der Waals surface area contributed by atoms with E-state index in [0.29, 0.717) is 6.42 Å². The maximum atomic E-state index is 11.1. The van der Waals surface area contributed by atoms with E-state index in [9.17, 15) is 13.5 Å². The van der Waals surface area contributed by atoms with Gasteiger partial charge in [-0.25, -0.2) is 8.42 Å². The number of unbranched alkanes of at least 4 members (excludes halogenated alkanes) is 1. The fraction of sp³-hybridized carbons (Fsp3) is 1.00. The van der Waals surface area contributed by atoms with E-state index in [4.69, 9.17) is 0 Å². The second-order valence-corrected chi connectivity index (χ2v) is 6.75. The molecule has 0 aromatic heterocycles. The third kappa shape index (κ3) is 6.15. The largest absolute Gasteiger partial charge is 0.396 e. The minimum absolute atomic E-state index is 0.0963. The molecule has 0 spiro atoms. The van der Waals surface area contributed by atoms with Crippen LogP contribution in [0.2, 0.25) is 0 Å². The Morgan fingerprint density at radius 1 is 1.20 bits per heavy atom. The van der Waals surface area contributed by atoms with E-state index in [0.717, 1.165) is 25.7 Å². The monoisotopic (exact) mass is 236 g/mol. The van der Waals surface area contributed by atoms with Gasteiger partial charge in [-0.05, 0) is 24.7 Å². The third-order valence-electron chi connectivity index (χ3n) is 3.15. The summed E-state index contributed by atoms with van der Waals surface area (Å²) in [4.78, 5) is 0. The van der Waals surface area contributed by atoms with Crippen molar-refractivity contribution in [3.63, 3.8) is 0 Å². The van der Waals surface area contributed by atoms with Crippen molar-refractivity contribution >= 4 is 9.84 Å². The Morgan fingerprint density at radius 2 is 1.80 bits per heavy atom. The van der Waals surface area contributed by atoms with E-state index in [1.165, 1.54) is 6.26 Å². The molecule has 1 N–H and O–H groups in total. The van der Waals surface area contributed by atoms with E-state index < -0.39 is 9.84 Å². The lowest BCUT2D eigenvalue weighted by molar-refractivity contribution is 0.104. The highest BCUT2D eigenvalue weighted by molar-refractivity contribution is 7.90. The van der Waals surface area contributed by atoms with Crippen LogP contribution in [0.5, 0.6) is 0 Å². The molecule has 4 heteroatoms. The first kappa shape index (κ1) is 14.9. The fourth-order valence-electron chi connectivity index (χ4n) is 1.70. The zero-order valence-electron chi connectivity index (χ0n) is 10.1. The van der Waals surface area contributed by atoms with Crippen LogP contribution in [0.3, 0.4) is 0 Å². The Bertz CT molecular complexity index is 253. The number of aliphatic hydroxyl groups excluding tert-OH is 1. The molecule has 1 unspecified atom stereocenters. The summed E-state index contributed by atoms with van der Waals surface area (Å²) in [6, 6.07) is 0. The lowest BCUT2D eigenvalue weighted by Crippen LogP contribution is -2.27. The Morgan fingerprint density at radius 3 is 2.13 bits per heavy atom. The first-order valence-corrected chi connectivity index (χ1v) is 7.74. The van der Waals surface area contributed by atoms with Crippen LogP contribution >= 0.6 is 0 Å². The highest BCUT2D eigenvalue weighted by Crippen LogP contribution is 2.32. The Balaban J connectivity index is 4.36. The minimum atomic E-state index is -2.91. The standard InChI is InChI=1S/C11H24O3S/c1-4-6-7-11(5-2,10-12)8-9-15(3,13)14/h12H,4-10H2,1-3H3. The maximum absolute atomic E-state index is 11.1. The molecule has 0 radical (unpaired) electrons.